The number of carbonyl (C=O) groups is 3. The lowest BCUT2D eigenvalue weighted by atomic mass is 9.32. The molecule has 0 aliphatic heterocycles. The van der Waals surface area contributed by atoms with Crippen LogP contribution in [0.1, 0.15) is 136 Å². The van der Waals surface area contributed by atoms with Crippen molar-refractivity contribution in [2.75, 3.05) is 0 Å². The van der Waals surface area contributed by atoms with E-state index < -0.39 is 23.4 Å². The summed E-state index contributed by atoms with van der Waals surface area (Å²) in [6.45, 7) is 23.2. The van der Waals surface area contributed by atoms with Gasteiger partial charge >= 0.3 is 11.9 Å². The van der Waals surface area contributed by atoms with Gasteiger partial charge in [0.1, 0.15) is 6.04 Å². The largest absolute Gasteiger partial charge is 0.480 e. The molecule has 6 rings (SSSR count). The molecule has 49 heavy (non-hydrogen) atoms. The fraction of sp³-hybridized carbons (Fsp3) is 0.698. The van der Waals surface area contributed by atoms with E-state index in [1.165, 1.54) is 17.6 Å². The van der Waals surface area contributed by atoms with Crippen molar-refractivity contribution in [2.45, 2.75) is 126 Å². The van der Waals surface area contributed by atoms with E-state index in [-0.39, 0.29) is 45.3 Å². The predicted octanol–water partition coefficient (Wildman–Crippen LogP) is 9.65. The van der Waals surface area contributed by atoms with Crippen LogP contribution in [0.5, 0.6) is 0 Å². The Balaban J connectivity index is 1.34. The van der Waals surface area contributed by atoms with Crippen molar-refractivity contribution in [3.8, 4) is 0 Å². The average molecular weight is 672 g/mol. The van der Waals surface area contributed by atoms with E-state index >= 15 is 0 Å². The van der Waals surface area contributed by atoms with Gasteiger partial charge < -0.3 is 15.5 Å². The zero-order chi connectivity index (χ0) is 35.9. The van der Waals surface area contributed by atoms with Crippen molar-refractivity contribution in [1.29, 1.82) is 0 Å². The van der Waals surface area contributed by atoms with Crippen LogP contribution >= 0.6 is 0 Å². The Morgan fingerprint density at radius 3 is 2.14 bits per heavy atom. The maximum absolute atomic E-state index is 14.5. The molecule has 6 heteroatoms. The van der Waals surface area contributed by atoms with E-state index in [4.69, 9.17) is 0 Å². The zero-order valence-corrected chi connectivity index (χ0v) is 31.3. The third-order valence-electron chi connectivity index (χ3n) is 15.8. The maximum atomic E-state index is 14.5. The summed E-state index contributed by atoms with van der Waals surface area (Å²) in [4.78, 5) is 38.3. The van der Waals surface area contributed by atoms with Gasteiger partial charge in [-0.05, 0) is 152 Å². The lowest BCUT2D eigenvalue weighted by molar-refractivity contribution is -0.225. The standard InChI is InChI=1S/C43H61NO5/c1-25(2)24-32(37(47)48)44-38(49)43-21-16-29(26(3)4)35(43)31-14-15-34-40(7)19-17-30(27-10-12-28(13-11-27)36(45)46)39(5,6)33(40)18-20-42(34,9)41(31,8)22-23-43/h10-13,17,25,29,31-35H,3,14-16,18-24H2,1-2,4-9H3,(H,44,49)(H,45,46)(H,47,48)/t29-,31+,32-,33-,34+,35+,40-,41+,42+,43-/m0/s1. The summed E-state index contributed by atoms with van der Waals surface area (Å²) in [6.07, 6.45) is 12.1. The highest BCUT2D eigenvalue weighted by Crippen LogP contribution is 2.77. The smallest absolute Gasteiger partial charge is 0.335 e. The molecule has 6 nitrogen and oxygen atoms in total. The topological polar surface area (TPSA) is 104 Å². The first kappa shape index (κ1) is 35.9. The summed E-state index contributed by atoms with van der Waals surface area (Å²) in [5.41, 5.74) is 3.71. The van der Waals surface area contributed by atoms with Gasteiger partial charge in [0.05, 0.1) is 11.0 Å². The minimum absolute atomic E-state index is 0.0256. The summed E-state index contributed by atoms with van der Waals surface area (Å²) < 4.78 is 0. The number of carbonyl (C=O) groups excluding carboxylic acids is 1. The minimum Gasteiger partial charge on any atom is -0.480 e. The van der Waals surface area contributed by atoms with Gasteiger partial charge in [0.15, 0.2) is 0 Å². The Kier molecular flexibility index (Phi) is 8.88. The van der Waals surface area contributed by atoms with E-state index in [1.54, 1.807) is 12.1 Å². The van der Waals surface area contributed by atoms with E-state index in [0.717, 1.165) is 56.9 Å². The van der Waals surface area contributed by atoms with Crippen molar-refractivity contribution < 1.29 is 24.6 Å². The average Bonchev–Trinajstić information content (AvgIpc) is 3.42. The molecule has 268 valence electrons. The molecule has 0 spiro atoms. The number of amides is 1. The van der Waals surface area contributed by atoms with Crippen LogP contribution in [0.15, 0.2) is 42.5 Å². The lowest BCUT2D eigenvalue weighted by Crippen LogP contribution is -2.66. The highest BCUT2D eigenvalue weighted by atomic mass is 16.4. The van der Waals surface area contributed by atoms with Crippen LogP contribution in [0.3, 0.4) is 0 Å². The molecule has 5 aliphatic rings. The van der Waals surface area contributed by atoms with E-state index in [9.17, 15) is 24.6 Å². The molecule has 0 aromatic heterocycles. The molecule has 0 unspecified atom stereocenters. The summed E-state index contributed by atoms with van der Waals surface area (Å²) in [5.74, 6) is 0.239. The van der Waals surface area contributed by atoms with Gasteiger partial charge in [-0.25, -0.2) is 9.59 Å². The number of nitrogens with one attached hydrogen (secondary N) is 1. The van der Waals surface area contributed by atoms with E-state index in [1.807, 2.05) is 26.0 Å². The Morgan fingerprint density at radius 1 is 0.878 bits per heavy atom. The second-order valence-electron chi connectivity index (χ2n) is 18.8. The number of aliphatic carboxylic acids is 1. The Morgan fingerprint density at radius 2 is 1.55 bits per heavy atom. The fourth-order valence-corrected chi connectivity index (χ4v) is 13.4. The van der Waals surface area contributed by atoms with Gasteiger partial charge in [0, 0.05) is 0 Å². The van der Waals surface area contributed by atoms with Gasteiger partial charge in [-0.1, -0.05) is 78.8 Å². The monoisotopic (exact) mass is 671 g/mol. The molecule has 1 amide bonds. The first-order valence-corrected chi connectivity index (χ1v) is 19.1. The molecule has 0 radical (unpaired) electrons. The number of carboxylic acids is 2. The summed E-state index contributed by atoms with van der Waals surface area (Å²) in [6, 6.07) is 6.60. The Labute approximate surface area is 294 Å². The first-order chi connectivity index (χ1) is 22.8. The molecule has 0 saturated heterocycles. The van der Waals surface area contributed by atoms with Gasteiger partial charge in [0.2, 0.25) is 5.91 Å². The number of aromatic carboxylic acids is 1. The normalized spacial score (nSPS) is 39.8. The highest BCUT2D eigenvalue weighted by molar-refractivity contribution is 5.89. The molecule has 1 aromatic rings. The Hall–Kier alpha value is -2.89. The van der Waals surface area contributed by atoms with E-state index in [2.05, 4.69) is 59.5 Å². The number of benzene rings is 1. The number of hydrogen-bond donors (Lipinski definition) is 3. The number of allylic oxidation sites excluding steroid dienone is 3. The molecular formula is C43H61NO5. The van der Waals surface area contributed by atoms with Crippen molar-refractivity contribution in [3.05, 3.63) is 53.6 Å². The van der Waals surface area contributed by atoms with Crippen molar-refractivity contribution in [3.63, 3.8) is 0 Å². The molecule has 1 aromatic carbocycles. The molecule has 0 heterocycles. The fourth-order valence-electron chi connectivity index (χ4n) is 13.4. The van der Waals surface area contributed by atoms with E-state index in [0.29, 0.717) is 29.7 Å². The van der Waals surface area contributed by atoms with Crippen LogP contribution in [0.2, 0.25) is 0 Å². The molecule has 4 fully saturated rings. The molecular weight excluding hydrogens is 610 g/mol. The lowest BCUT2D eigenvalue weighted by Gasteiger charge is -2.72. The molecule has 3 N–H and O–H groups in total. The third-order valence-corrected chi connectivity index (χ3v) is 15.8. The second kappa shape index (κ2) is 12.1. The molecule has 5 aliphatic carbocycles. The SMILES string of the molecule is C=C(C)[C@@H]1CC[C@]2(C(=O)N[C@@H](CC(C)C)C(=O)O)CC[C@]3(C)[C@H](CC[C@@H]4[C@@]5(C)CC=C(c6ccc(C(=O)O)cc6)C(C)(C)[C@@H]5CC[C@]43C)[C@@H]12. The summed E-state index contributed by atoms with van der Waals surface area (Å²) in [7, 11) is 0. The number of rotatable bonds is 8. The third kappa shape index (κ3) is 5.27. The maximum Gasteiger partial charge on any atom is 0.335 e. The van der Waals surface area contributed by atoms with Crippen molar-refractivity contribution in [1.82, 2.24) is 5.32 Å². The highest BCUT2D eigenvalue weighted by Gasteiger charge is 2.71. The van der Waals surface area contributed by atoms with Crippen LogP contribution in [-0.4, -0.2) is 34.1 Å². The van der Waals surface area contributed by atoms with Gasteiger partial charge in [-0.3, -0.25) is 4.79 Å². The van der Waals surface area contributed by atoms with Crippen LogP contribution in [0, 0.1) is 62.6 Å². The second-order valence-corrected chi connectivity index (χ2v) is 18.8. The zero-order valence-electron chi connectivity index (χ0n) is 31.3. The quantitative estimate of drug-likeness (QED) is 0.239. The minimum atomic E-state index is -0.937. The first-order valence-electron chi connectivity index (χ1n) is 19.1. The predicted molar refractivity (Wildman–Crippen MR) is 195 cm³/mol. The summed E-state index contributed by atoms with van der Waals surface area (Å²) >= 11 is 0. The number of carboxylic acid groups (broad SMARTS) is 2. The van der Waals surface area contributed by atoms with Gasteiger partial charge in [-0.15, -0.1) is 0 Å². The summed E-state index contributed by atoms with van der Waals surface area (Å²) in [5, 5.41) is 22.6. The molecule has 10 atom stereocenters. The van der Waals surface area contributed by atoms with Crippen LogP contribution < -0.4 is 5.32 Å². The van der Waals surface area contributed by atoms with Crippen LogP contribution in [0.4, 0.5) is 0 Å². The van der Waals surface area contributed by atoms with Crippen molar-refractivity contribution in [2.24, 2.45) is 62.6 Å². The molecule has 0 bridgehead atoms. The number of fused-ring (bicyclic) bond motifs is 7. The van der Waals surface area contributed by atoms with Crippen molar-refractivity contribution >= 4 is 23.4 Å². The molecule has 4 saturated carbocycles. The number of hydrogen-bond acceptors (Lipinski definition) is 3. The van der Waals surface area contributed by atoms with Gasteiger partial charge in [0.25, 0.3) is 0 Å². The Bertz CT molecular complexity index is 1560. The van der Waals surface area contributed by atoms with Gasteiger partial charge in [-0.2, -0.15) is 0 Å². The van der Waals surface area contributed by atoms with Crippen LogP contribution in [0.25, 0.3) is 5.57 Å². The van der Waals surface area contributed by atoms with Crippen LogP contribution in [-0.2, 0) is 9.59 Å².